The van der Waals surface area contributed by atoms with Crippen LogP contribution in [0, 0.1) is 3.57 Å². The third kappa shape index (κ3) is 4.14. The van der Waals surface area contributed by atoms with Crippen LogP contribution in [0.15, 0.2) is 24.3 Å². The summed E-state index contributed by atoms with van der Waals surface area (Å²) in [5.74, 6) is 0. The van der Waals surface area contributed by atoms with Gasteiger partial charge in [0.05, 0.1) is 0 Å². The van der Waals surface area contributed by atoms with Gasteiger partial charge >= 0.3 is 0 Å². The number of nitrogens with one attached hydrogen (secondary N) is 1. The lowest BCUT2D eigenvalue weighted by molar-refractivity contribution is 0.383. The Morgan fingerprint density at radius 1 is 1.24 bits per heavy atom. The average molecular weight is 361 g/mol. The fraction of sp³-hybridized carbons (Fsp3) is 0.571. The first-order valence-electron chi connectivity index (χ1n) is 6.30. The number of hydrogen-bond donors (Lipinski definition) is 1. The third-order valence-corrected chi connectivity index (χ3v) is 5.38. The Morgan fingerprint density at radius 2 is 1.94 bits per heavy atom. The summed E-state index contributed by atoms with van der Waals surface area (Å²) in [6.07, 6.45) is 7.77. The molecular formula is C14H20INS. The Bertz CT molecular complexity index is 339. The van der Waals surface area contributed by atoms with Crippen LogP contribution < -0.4 is 5.32 Å². The minimum absolute atomic E-state index is 0.707. The van der Waals surface area contributed by atoms with Crippen LogP contribution in [0.3, 0.4) is 0 Å². The summed E-state index contributed by atoms with van der Waals surface area (Å²) >= 11 is 4.38. The van der Waals surface area contributed by atoms with Gasteiger partial charge in [0.25, 0.3) is 0 Å². The van der Waals surface area contributed by atoms with Gasteiger partial charge in [-0.05, 0) is 59.4 Å². The average Bonchev–Trinajstić information content (AvgIpc) is 2.38. The lowest BCUT2D eigenvalue weighted by Crippen LogP contribution is -2.39. The molecule has 0 bridgehead atoms. The molecule has 0 amide bonds. The van der Waals surface area contributed by atoms with Crippen molar-refractivity contribution in [2.75, 3.05) is 6.26 Å². The fourth-order valence-corrected chi connectivity index (χ4v) is 3.79. The van der Waals surface area contributed by atoms with Gasteiger partial charge in [0.15, 0.2) is 0 Å². The maximum atomic E-state index is 3.74. The Kier molecular flexibility index (Phi) is 5.63. The van der Waals surface area contributed by atoms with E-state index in [0.29, 0.717) is 6.04 Å². The van der Waals surface area contributed by atoms with Gasteiger partial charge in [-0.3, -0.25) is 0 Å². The Balaban J connectivity index is 1.86. The molecule has 0 radical (unpaired) electrons. The van der Waals surface area contributed by atoms with E-state index in [1.165, 1.54) is 34.8 Å². The second-order valence-electron chi connectivity index (χ2n) is 4.67. The second kappa shape index (κ2) is 7.00. The molecule has 3 heteroatoms. The number of halogens is 1. The van der Waals surface area contributed by atoms with Gasteiger partial charge in [-0.15, -0.1) is 0 Å². The summed E-state index contributed by atoms with van der Waals surface area (Å²) in [6.45, 7) is 1.01. The molecular weight excluding hydrogens is 341 g/mol. The molecule has 2 unspecified atom stereocenters. The van der Waals surface area contributed by atoms with E-state index in [-0.39, 0.29) is 0 Å². The highest BCUT2D eigenvalue weighted by Crippen LogP contribution is 2.27. The topological polar surface area (TPSA) is 12.0 Å². The summed E-state index contributed by atoms with van der Waals surface area (Å²) in [7, 11) is 0. The number of thioether (sulfide) groups is 1. The zero-order valence-electron chi connectivity index (χ0n) is 10.3. The maximum Gasteiger partial charge on any atom is 0.0208 e. The van der Waals surface area contributed by atoms with Crippen LogP contribution in [0.25, 0.3) is 0 Å². The van der Waals surface area contributed by atoms with Crippen LogP contribution in [0.2, 0.25) is 0 Å². The number of hydrogen-bond acceptors (Lipinski definition) is 2. The zero-order valence-corrected chi connectivity index (χ0v) is 13.3. The molecule has 1 aliphatic carbocycles. The van der Waals surface area contributed by atoms with E-state index in [1.54, 1.807) is 0 Å². The van der Waals surface area contributed by atoms with Gasteiger partial charge in [0.2, 0.25) is 0 Å². The lowest BCUT2D eigenvalue weighted by Gasteiger charge is -2.31. The largest absolute Gasteiger partial charge is 0.309 e. The number of benzene rings is 1. The van der Waals surface area contributed by atoms with Crippen molar-refractivity contribution in [3.63, 3.8) is 0 Å². The zero-order chi connectivity index (χ0) is 12.1. The van der Waals surface area contributed by atoms with Gasteiger partial charge in [0.1, 0.15) is 0 Å². The molecule has 1 aromatic rings. The molecule has 1 fully saturated rings. The summed E-state index contributed by atoms with van der Waals surface area (Å²) in [5.41, 5.74) is 1.40. The van der Waals surface area contributed by atoms with E-state index in [2.05, 4.69) is 58.4 Å². The first-order valence-corrected chi connectivity index (χ1v) is 8.67. The van der Waals surface area contributed by atoms with Crippen molar-refractivity contribution in [2.45, 2.75) is 43.5 Å². The van der Waals surface area contributed by atoms with Crippen LogP contribution in [0.4, 0.5) is 0 Å². The van der Waals surface area contributed by atoms with E-state index >= 15 is 0 Å². The Morgan fingerprint density at radius 3 is 2.65 bits per heavy atom. The van der Waals surface area contributed by atoms with Crippen LogP contribution in [-0.4, -0.2) is 17.5 Å². The Labute approximate surface area is 122 Å². The molecule has 1 N–H and O–H groups in total. The summed E-state index contributed by atoms with van der Waals surface area (Å²) < 4.78 is 1.31. The predicted molar refractivity (Wildman–Crippen MR) is 85.6 cm³/mol. The molecule has 0 spiro atoms. The molecule has 1 aromatic carbocycles. The standard InChI is InChI=1S/C14H20INS/c1-17-14-5-3-2-4-13(14)16-10-11-6-8-12(15)9-7-11/h6-9,13-14,16H,2-5,10H2,1H3. The third-order valence-electron chi connectivity index (χ3n) is 3.49. The van der Waals surface area contributed by atoms with Gasteiger partial charge in [-0.1, -0.05) is 25.0 Å². The van der Waals surface area contributed by atoms with Crippen molar-refractivity contribution >= 4 is 34.4 Å². The first kappa shape index (κ1) is 13.7. The van der Waals surface area contributed by atoms with Gasteiger partial charge in [-0.2, -0.15) is 11.8 Å². The van der Waals surface area contributed by atoms with E-state index in [9.17, 15) is 0 Å². The minimum Gasteiger partial charge on any atom is -0.309 e. The highest BCUT2D eigenvalue weighted by molar-refractivity contribution is 14.1. The molecule has 0 aromatic heterocycles. The molecule has 0 saturated heterocycles. The van der Waals surface area contributed by atoms with E-state index < -0.39 is 0 Å². The lowest BCUT2D eigenvalue weighted by atomic mass is 9.94. The van der Waals surface area contributed by atoms with Gasteiger partial charge < -0.3 is 5.32 Å². The quantitative estimate of drug-likeness (QED) is 0.812. The van der Waals surface area contributed by atoms with E-state index in [1.807, 2.05) is 11.8 Å². The summed E-state index contributed by atoms with van der Waals surface area (Å²) in [4.78, 5) is 0. The Hall–Kier alpha value is 0.260. The van der Waals surface area contributed by atoms with E-state index in [4.69, 9.17) is 0 Å². The molecule has 94 valence electrons. The molecule has 1 saturated carbocycles. The van der Waals surface area contributed by atoms with Crippen LogP contribution >= 0.6 is 34.4 Å². The van der Waals surface area contributed by atoms with Crippen molar-refractivity contribution in [2.24, 2.45) is 0 Å². The molecule has 2 atom stereocenters. The van der Waals surface area contributed by atoms with Crippen LogP contribution in [0.1, 0.15) is 31.2 Å². The van der Waals surface area contributed by atoms with Crippen LogP contribution in [0.5, 0.6) is 0 Å². The highest BCUT2D eigenvalue weighted by Gasteiger charge is 2.23. The maximum absolute atomic E-state index is 3.74. The molecule has 1 nitrogen and oxygen atoms in total. The van der Waals surface area contributed by atoms with Crippen molar-refractivity contribution in [1.29, 1.82) is 0 Å². The fourth-order valence-electron chi connectivity index (χ4n) is 2.46. The second-order valence-corrected chi connectivity index (χ2v) is 7.00. The molecule has 0 heterocycles. The monoisotopic (exact) mass is 361 g/mol. The summed E-state index contributed by atoms with van der Waals surface area (Å²) in [6, 6.07) is 9.53. The predicted octanol–water partition coefficient (Wildman–Crippen LogP) is 4.06. The van der Waals surface area contributed by atoms with Crippen LogP contribution in [-0.2, 0) is 6.54 Å². The minimum atomic E-state index is 0.707. The highest BCUT2D eigenvalue weighted by atomic mass is 127. The molecule has 0 aliphatic heterocycles. The molecule has 17 heavy (non-hydrogen) atoms. The SMILES string of the molecule is CSC1CCCCC1NCc1ccc(I)cc1. The van der Waals surface area contributed by atoms with Crippen molar-refractivity contribution in [3.8, 4) is 0 Å². The van der Waals surface area contributed by atoms with Gasteiger partial charge in [-0.25, -0.2) is 0 Å². The van der Waals surface area contributed by atoms with Crippen molar-refractivity contribution in [3.05, 3.63) is 33.4 Å². The van der Waals surface area contributed by atoms with E-state index in [0.717, 1.165) is 11.8 Å². The smallest absolute Gasteiger partial charge is 0.0208 e. The molecule has 2 rings (SSSR count). The number of rotatable bonds is 4. The van der Waals surface area contributed by atoms with Gasteiger partial charge in [0, 0.05) is 21.4 Å². The van der Waals surface area contributed by atoms with Crippen molar-refractivity contribution in [1.82, 2.24) is 5.32 Å². The normalized spacial score (nSPS) is 24.8. The summed E-state index contributed by atoms with van der Waals surface area (Å²) in [5, 5.41) is 4.55. The first-order chi connectivity index (χ1) is 8.29. The van der Waals surface area contributed by atoms with Crippen molar-refractivity contribution < 1.29 is 0 Å². The molecule has 1 aliphatic rings.